The van der Waals surface area contributed by atoms with E-state index in [0.717, 1.165) is 30.2 Å². The van der Waals surface area contributed by atoms with Gasteiger partial charge in [0.1, 0.15) is 18.7 Å². The van der Waals surface area contributed by atoms with Crippen LogP contribution >= 0.6 is 0 Å². The largest absolute Gasteiger partial charge is 1.00 e. The molecule has 0 aliphatic heterocycles. The topological polar surface area (TPSA) is 44.2 Å². The summed E-state index contributed by atoms with van der Waals surface area (Å²) in [5.41, 5.74) is 2.26. The van der Waals surface area contributed by atoms with Crippen LogP contribution < -0.4 is 27.4 Å². The fraction of sp³-hybridized carbons (Fsp3) is 0.316. The van der Waals surface area contributed by atoms with Crippen LogP contribution in [0.1, 0.15) is 31.1 Å². The predicted octanol–water partition coefficient (Wildman–Crippen LogP) is 1.15. The highest BCUT2D eigenvalue weighted by Crippen LogP contribution is 2.32. The minimum absolute atomic E-state index is 0. The highest BCUT2D eigenvalue weighted by Gasteiger charge is 2.28. The van der Waals surface area contributed by atoms with E-state index in [4.69, 9.17) is 4.74 Å². The molecular formula is C19H24ClN2O2. The highest BCUT2D eigenvalue weighted by atomic mass is 35.5. The summed E-state index contributed by atoms with van der Waals surface area (Å²) in [6.45, 7) is 8.29. The van der Waals surface area contributed by atoms with E-state index in [1.165, 1.54) is 0 Å². The van der Waals surface area contributed by atoms with Gasteiger partial charge >= 0.3 is 0 Å². The number of carbonyl (C=O) groups is 1. The number of hydrogen-bond acceptors (Lipinski definition) is 3. The van der Waals surface area contributed by atoms with Crippen molar-refractivity contribution in [1.29, 1.82) is 0 Å². The Morgan fingerprint density at radius 1 is 1.00 bits per heavy atom. The van der Waals surface area contributed by atoms with Crippen molar-refractivity contribution in [2.45, 2.75) is 20.8 Å². The lowest BCUT2D eigenvalue weighted by Crippen LogP contribution is -3.00. The first-order chi connectivity index (χ1) is 11.2. The molecule has 2 rings (SSSR count). The van der Waals surface area contributed by atoms with Crippen LogP contribution in [0.5, 0.6) is 5.75 Å². The van der Waals surface area contributed by atoms with E-state index in [1.54, 1.807) is 0 Å². The Balaban J connectivity index is 0.00000288. The van der Waals surface area contributed by atoms with Gasteiger partial charge in [0.2, 0.25) is 5.69 Å². The maximum atomic E-state index is 12.7. The van der Waals surface area contributed by atoms with Crippen LogP contribution in [0.4, 0.5) is 11.4 Å². The molecule has 0 heterocycles. The average molecular weight is 348 g/mol. The number of benzene rings is 2. The molecule has 0 spiro atoms. The number of halogens is 1. The summed E-state index contributed by atoms with van der Waals surface area (Å²) < 4.78 is 5.74. The maximum absolute atomic E-state index is 12.7. The highest BCUT2D eigenvalue weighted by molar-refractivity contribution is 6.08. The van der Waals surface area contributed by atoms with E-state index in [2.05, 4.69) is 24.1 Å². The number of nitrogens with zero attached hydrogens (tertiary/aromatic N) is 1. The number of para-hydroxylation sites is 2. The first kappa shape index (κ1) is 20.0. The molecule has 0 unspecified atom stereocenters. The average Bonchev–Trinajstić information content (AvgIpc) is 2.58. The quantitative estimate of drug-likeness (QED) is 0.764. The molecule has 5 heteroatoms. The summed E-state index contributed by atoms with van der Waals surface area (Å²) >= 11 is 0. The molecule has 0 bridgehead atoms. The Labute approximate surface area is 150 Å². The third-order valence-corrected chi connectivity index (χ3v) is 3.65. The molecule has 0 fully saturated rings. The monoisotopic (exact) mass is 347 g/mol. The van der Waals surface area contributed by atoms with Gasteiger partial charge in [0.05, 0.1) is 6.61 Å². The fourth-order valence-corrected chi connectivity index (χ4v) is 2.56. The van der Waals surface area contributed by atoms with Gasteiger partial charge in [-0.2, -0.15) is 0 Å². The van der Waals surface area contributed by atoms with Gasteiger partial charge in [0.15, 0.2) is 5.75 Å². The van der Waals surface area contributed by atoms with E-state index in [9.17, 15) is 4.79 Å². The Hall–Kier alpha value is -2.04. The fourth-order valence-electron chi connectivity index (χ4n) is 2.56. The molecular weight excluding hydrogens is 324 g/mol. The summed E-state index contributed by atoms with van der Waals surface area (Å²) in [5.74, 6) is 0.622. The van der Waals surface area contributed by atoms with Gasteiger partial charge in [-0.1, -0.05) is 24.3 Å². The van der Waals surface area contributed by atoms with Crippen molar-refractivity contribution in [3.63, 3.8) is 0 Å². The third-order valence-electron chi connectivity index (χ3n) is 3.65. The molecule has 0 saturated heterocycles. The summed E-state index contributed by atoms with van der Waals surface area (Å²) in [6.07, 6.45) is 0. The lowest BCUT2D eigenvalue weighted by atomic mass is 10.1. The second kappa shape index (κ2) is 9.96. The van der Waals surface area contributed by atoms with E-state index in [-0.39, 0.29) is 18.3 Å². The summed E-state index contributed by atoms with van der Waals surface area (Å²) in [4.78, 5) is 14.9. The molecule has 1 N–H and O–H groups in total. The number of carbonyl (C=O) groups excluding carboxylic acids is 1. The van der Waals surface area contributed by atoms with Crippen molar-refractivity contribution in [2.75, 3.05) is 25.0 Å². The number of ether oxygens (including phenoxy) is 1. The van der Waals surface area contributed by atoms with Crippen LogP contribution in [0, 0.1) is 0 Å². The van der Waals surface area contributed by atoms with Crippen molar-refractivity contribution >= 4 is 17.3 Å². The molecule has 0 aliphatic carbocycles. The zero-order valence-electron chi connectivity index (χ0n) is 14.4. The van der Waals surface area contributed by atoms with E-state index < -0.39 is 0 Å². The minimum atomic E-state index is -0.125. The SMILES string of the molecule is CCOc1cccc(C(=O)Nc2ccccc2)c1[N+](CC)CC.[Cl-]. The van der Waals surface area contributed by atoms with Gasteiger partial charge in [-0.05, 0) is 45.0 Å². The van der Waals surface area contributed by atoms with Gasteiger partial charge in [-0.25, -0.2) is 0 Å². The molecule has 0 atom stereocenters. The van der Waals surface area contributed by atoms with Gasteiger partial charge in [0.25, 0.3) is 5.91 Å². The molecule has 24 heavy (non-hydrogen) atoms. The van der Waals surface area contributed by atoms with E-state index >= 15 is 0 Å². The molecule has 2 aromatic rings. The Bertz CT molecular complexity index is 643. The molecule has 1 radical (unpaired) electrons. The summed E-state index contributed by atoms with van der Waals surface area (Å²) in [7, 11) is 0. The minimum Gasteiger partial charge on any atom is -1.00 e. The van der Waals surface area contributed by atoms with E-state index in [1.807, 2.05) is 55.5 Å². The van der Waals surface area contributed by atoms with Gasteiger partial charge < -0.3 is 22.5 Å². The number of anilines is 2. The molecule has 0 saturated carbocycles. The van der Waals surface area contributed by atoms with Crippen LogP contribution in [0.15, 0.2) is 48.5 Å². The third kappa shape index (κ3) is 4.73. The second-order valence-electron chi connectivity index (χ2n) is 5.08. The van der Waals surface area contributed by atoms with Gasteiger partial charge in [-0.3, -0.25) is 4.79 Å². The summed E-state index contributed by atoms with van der Waals surface area (Å²) in [5, 5.41) is 2.95. The second-order valence-corrected chi connectivity index (χ2v) is 5.08. The molecule has 4 nitrogen and oxygen atoms in total. The molecule has 0 aliphatic rings. The van der Waals surface area contributed by atoms with Crippen molar-refractivity contribution in [2.24, 2.45) is 0 Å². The van der Waals surface area contributed by atoms with Crippen molar-refractivity contribution < 1.29 is 21.9 Å². The smallest absolute Gasteiger partial charge is 0.262 e. The predicted molar refractivity (Wildman–Crippen MR) is 94.9 cm³/mol. The van der Waals surface area contributed by atoms with Crippen LogP contribution in [0.2, 0.25) is 0 Å². The zero-order chi connectivity index (χ0) is 16.7. The molecule has 0 aromatic heterocycles. The standard InChI is InChI=1S/C19H24N2O2.ClH/c1-4-21(5-2)18-16(13-10-14-17(18)23-6-3)19(22)20-15-11-8-7-9-12-15;/h7-14H,4-6H2,1-3H3,(H,20,22);1H/q+1;/p-1. The Morgan fingerprint density at radius 3 is 2.25 bits per heavy atom. The maximum Gasteiger partial charge on any atom is 0.262 e. The Kier molecular flexibility index (Phi) is 8.30. The number of hydrogen-bond donors (Lipinski definition) is 1. The van der Waals surface area contributed by atoms with Crippen molar-refractivity contribution in [3.05, 3.63) is 54.1 Å². The van der Waals surface area contributed by atoms with Crippen LogP contribution in [0.25, 0.3) is 0 Å². The van der Waals surface area contributed by atoms with Crippen LogP contribution in [0.3, 0.4) is 0 Å². The van der Waals surface area contributed by atoms with Crippen molar-refractivity contribution in [1.82, 2.24) is 4.90 Å². The summed E-state index contributed by atoms with van der Waals surface area (Å²) in [6, 6.07) is 15.1. The lowest BCUT2D eigenvalue weighted by molar-refractivity contribution is -0.0000129. The normalized spacial score (nSPS) is 10.2. The molecule has 129 valence electrons. The van der Waals surface area contributed by atoms with Crippen LogP contribution in [-0.2, 0) is 0 Å². The van der Waals surface area contributed by atoms with Gasteiger partial charge in [0, 0.05) is 5.69 Å². The Morgan fingerprint density at radius 2 is 1.67 bits per heavy atom. The molecule has 1 amide bonds. The molecule has 2 aromatic carbocycles. The number of rotatable bonds is 7. The first-order valence-electron chi connectivity index (χ1n) is 8.08. The number of nitrogens with one attached hydrogen (secondary N) is 1. The van der Waals surface area contributed by atoms with Crippen molar-refractivity contribution in [3.8, 4) is 5.75 Å². The van der Waals surface area contributed by atoms with Gasteiger partial charge in [-0.15, -0.1) is 4.90 Å². The van der Waals surface area contributed by atoms with E-state index in [0.29, 0.717) is 12.2 Å². The first-order valence-corrected chi connectivity index (χ1v) is 8.08. The lowest BCUT2D eigenvalue weighted by Gasteiger charge is -2.16. The zero-order valence-corrected chi connectivity index (χ0v) is 15.1. The number of amides is 1. The van der Waals surface area contributed by atoms with Crippen LogP contribution in [-0.4, -0.2) is 25.6 Å².